The molecule has 0 spiro atoms. The molecular weight excluding hydrogens is 476 g/mol. The molecule has 1 fully saturated rings. The number of fused-ring (bicyclic) bond motifs is 1. The van der Waals surface area contributed by atoms with Crippen molar-refractivity contribution in [2.45, 2.75) is 18.9 Å². The summed E-state index contributed by atoms with van der Waals surface area (Å²) in [6, 6.07) is 25.6. The number of piperidine rings is 1. The van der Waals surface area contributed by atoms with Gasteiger partial charge in [0.2, 0.25) is 0 Å². The van der Waals surface area contributed by atoms with E-state index in [2.05, 4.69) is 62.0 Å². The van der Waals surface area contributed by atoms with Gasteiger partial charge in [0.1, 0.15) is 0 Å². The van der Waals surface area contributed by atoms with Crippen LogP contribution >= 0.6 is 0 Å². The fourth-order valence-electron chi connectivity index (χ4n) is 4.76. The summed E-state index contributed by atoms with van der Waals surface area (Å²) in [6.07, 6.45) is 6.52. The molecule has 1 saturated heterocycles. The van der Waals surface area contributed by atoms with Crippen LogP contribution in [0.3, 0.4) is 0 Å². The van der Waals surface area contributed by atoms with Crippen LogP contribution < -0.4 is 15.5 Å². The second-order valence-corrected chi connectivity index (χ2v) is 9.46. The molecule has 8 nitrogen and oxygen atoms in total. The Hall–Kier alpha value is -4.69. The van der Waals surface area contributed by atoms with Gasteiger partial charge in [-0.15, -0.1) is 0 Å². The fourth-order valence-corrected chi connectivity index (χ4v) is 4.76. The summed E-state index contributed by atoms with van der Waals surface area (Å²) in [5.41, 5.74) is 6.35. The minimum Gasteiger partial charge on any atom is -0.393 e. The van der Waals surface area contributed by atoms with E-state index < -0.39 is 0 Å². The molecule has 5 aromatic rings. The standard InChI is InChI=1S/C30H28N6O2/c37-28-13-17-35(18-14-28)26-6-1-23(2-7-26)33-25-5-10-29-22(19-25)20-32-36(29)27-8-3-24(4-9-27)34-30(38)21-11-15-31-16-12-21/h1-12,15-16,19-20,28,33,37H,13-14,17-18H2,(H,34,38). The number of nitrogens with zero attached hydrogens (tertiary/aromatic N) is 4. The fraction of sp³-hybridized carbons (Fsp3) is 0.167. The molecule has 3 heterocycles. The zero-order chi connectivity index (χ0) is 25.9. The van der Waals surface area contributed by atoms with E-state index in [4.69, 9.17) is 0 Å². The Morgan fingerprint density at radius 1 is 0.816 bits per heavy atom. The smallest absolute Gasteiger partial charge is 0.255 e. The van der Waals surface area contributed by atoms with Gasteiger partial charge in [0, 0.05) is 59.2 Å². The summed E-state index contributed by atoms with van der Waals surface area (Å²) in [7, 11) is 0. The number of benzene rings is 3. The quantitative estimate of drug-likeness (QED) is 0.288. The van der Waals surface area contributed by atoms with Crippen LogP contribution in [0.15, 0.2) is 97.5 Å². The highest BCUT2D eigenvalue weighted by Gasteiger charge is 2.17. The summed E-state index contributed by atoms with van der Waals surface area (Å²) in [6.45, 7) is 1.77. The molecule has 8 heteroatoms. The number of amides is 1. The van der Waals surface area contributed by atoms with Gasteiger partial charge >= 0.3 is 0 Å². The molecule has 1 aliphatic heterocycles. The maximum absolute atomic E-state index is 12.4. The molecule has 0 saturated carbocycles. The Labute approximate surface area is 220 Å². The third-order valence-electron chi connectivity index (χ3n) is 6.87. The molecule has 0 radical (unpaired) electrons. The second-order valence-electron chi connectivity index (χ2n) is 9.46. The molecule has 1 aliphatic rings. The lowest BCUT2D eigenvalue weighted by molar-refractivity contribution is 0.102. The van der Waals surface area contributed by atoms with Crippen molar-refractivity contribution in [1.29, 1.82) is 0 Å². The van der Waals surface area contributed by atoms with Crippen LogP contribution in [-0.2, 0) is 0 Å². The summed E-state index contributed by atoms with van der Waals surface area (Å²) in [4.78, 5) is 18.7. The Morgan fingerprint density at radius 2 is 1.47 bits per heavy atom. The first kappa shape index (κ1) is 23.7. The van der Waals surface area contributed by atoms with Gasteiger partial charge in [0.15, 0.2) is 0 Å². The minimum absolute atomic E-state index is 0.170. The van der Waals surface area contributed by atoms with Gasteiger partial charge in [-0.3, -0.25) is 9.78 Å². The van der Waals surface area contributed by atoms with Crippen molar-refractivity contribution in [3.63, 3.8) is 0 Å². The summed E-state index contributed by atoms with van der Waals surface area (Å²) in [5, 5.41) is 21.7. The van der Waals surface area contributed by atoms with Crippen molar-refractivity contribution in [2.75, 3.05) is 28.6 Å². The highest BCUT2D eigenvalue weighted by atomic mass is 16.3. The molecule has 0 bridgehead atoms. The van der Waals surface area contributed by atoms with Crippen molar-refractivity contribution >= 4 is 39.6 Å². The topological polar surface area (TPSA) is 95.3 Å². The SMILES string of the molecule is O=C(Nc1ccc(-n2ncc3cc(Nc4ccc(N5CCC(O)CC5)cc4)ccc32)cc1)c1ccncc1. The average Bonchev–Trinajstić information content (AvgIpc) is 3.38. The number of carbonyl (C=O) groups is 1. The number of anilines is 4. The van der Waals surface area contributed by atoms with Gasteiger partial charge in [0.25, 0.3) is 5.91 Å². The number of aliphatic hydroxyl groups excluding tert-OH is 1. The van der Waals surface area contributed by atoms with Gasteiger partial charge in [-0.25, -0.2) is 4.68 Å². The molecule has 0 aliphatic carbocycles. The van der Waals surface area contributed by atoms with E-state index in [0.717, 1.165) is 53.9 Å². The molecule has 2 aromatic heterocycles. The Kier molecular flexibility index (Phi) is 6.46. The first-order valence-corrected chi connectivity index (χ1v) is 12.7. The zero-order valence-electron chi connectivity index (χ0n) is 20.8. The van der Waals surface area contributed by atoms with Crippen LogP contribution in [0.1, 0.15) is 23.2 Å². The number of hydrogen-bond donors (Lipinski definition) is 3. The summed E-state index contributed by atoms with van der Waals surface area (Å²) in [5.74, 6) is -0.175. The van der Waals surface area contributed by atoms with E-state index in [-0.39, 0.29) is 12.0 Å². The number of aliphatic hydroxyl groups is 1. The van der Waals surface area contributed by atoms with Crippen LogP contribution in [0.2, 0.25) is 0 Å². The summed E-state index contributed by atoms with van der Waals surface area (Å²) >= 11 is 0. The van der Waals surface area contributed by atoms with E-state index in [1.807, 2.05) is 41.2 Å². The van der Waals surface area contributed by atoms with Gasteiger partial charge in [-0.05, 0) is 91.7 Å². The van der Waals surface area contributed by atoms with Crippen LogP contribution in [0.25, 0.3) is 16.6 Å². The third kappa shape index (κ3) is 5.07. The predicted molar refractivity (Wildman–Crippen MR) is 150 cm³/mol. The lowest BCUT2D eigenvalue weighted by Gasteiger charge is -2.31. The number of nitrogens with one attached hydrogen (secondary N) is 2. The van der Waals surface area contributed by atoms with Gasteiger partial charge in [-0.2, -0.15) is 5.10 Å². The molecule has 38 heavy (non-hydrogen) atoms. The first-order valence-electron chi connectivity index (χ1n) is 12.7. The largest absolute Gasteiger partial charge is 0.393 e. The Balaban J connectivity index is 1.13. The van der Waals surface area contributed by atoms with Crippen molar-refractivity contribution in [3.05, 3.63) is 103 Å². The second kappa shape index (κ2) is 10.4. The average molecular weight is 505 g/mol. The molecule has 190 valence electrons. The summed E-state index contributed by atoms with van der Waals surface area (Å²) < 4.78 is 1.89. The van der Waals surface area contributed by atoms with Gasteiger partial charge in [-0.1, -0.05) is 0 Å². The van der Waals surface area contributed by atoms with E-state index in [1.54, 1.807) is 24.5 Å². The normalized spacial score (nSPS) is 14.0. The molecule has 1 amide bonds. The number of pyridine rings is 1. The molecule has 3 aromatic carbocycles. The van der Waals surface area contributed by atoms with Crippen molar-refractivity contribution in [3.8, 4) is 5.69 Å². The maximum atomic E-state index is 12.4. The minimum atomic E-state index is -0.175. The lowest BCUT2D eigenvalue weighted by atomic mass is 10.1. The molecule has 0 unspecified atom stereocenters. The van der Waals surface area contributed by atoms with Gasteiger partial charge in [0.05, 0.1) is 23.5 Å². The first-order chi connectivity index (χ1) is 18.6. The van der Waals surface area contributed by atoms with Crippen molar-refractivity contribution in [2.24, 2.45) is 0 Å². The Morgan fingerprint density at radius 3 is 2.21 bits per heavy atom. The Bertz CT molecular complexity index is 1540. The molecule has 6 rings (SSSR count). The van der Waals surface area contributed by atoms with E-state index in [9.17, 15) is 9.90 Å². The molecule has 3 N–H and O–H groups in total. The number of aromatic nitrogens is 3. The zero-order valence-corrected chi connectivity index (χ0v) is 20.8. The van der Waals surface area contributed by atoms with E-state index in [0.29, 0.717) is 11.3 Å². The van der Waals surface area contributed by atoms with E-state index in [1.165, 1.54) is 5.69 Å². The van der Waals surface area contributed by atoms with Crippen molar-refractivity contribution in [1.82, 2.24) is 14.8 Å². The van der Waals surface area contributed by atoms with E-state index >= 15 is 0 Å². The van der Waals surface area contributed by atoms with Gasteiger partial charge < -0.3 is 20.6 Å². The highest BCUT2D eigenvalue weighted by molar-refractivity contribution is 6.04. The number of carbonyl (C=O) groups excluding carboxylic acids is 1. The van der Waals surface area contributed by atoms with Crippen LogP contribution in [0, 0.1) is 0 Å². The van der Waals surface area contributed by atoms with Crippen LogP contribution in [0.4, 0.5) is 22.7 Å². The number of hydrogen-bond acceptors (Lipinski definition) is 6. The molecule has 0 atom stereocenters. The van der Waals surface area contributed by atoms with Crippen molar-refractivity contribution < 1.29 is 9.90 Å². The monoisotopic (exact) mass is 504 g/mol. The van der Waals surface area contributed by atoms with Crippen LogP contribution in [0.5, 0.6) is 0 Å². The number of rotatable bonds is 6. The third-order valence-corrected chi connectivity index (χ3v) is 6.87. The maximum Gasteiger partial charge on any atom is 0.255 e. The lowest BCUT2D eigenvalue weighted by Crippen LogP contribution is -2.35. The molecular formula is C30H28N6O2. The highest BCUT2D eigenvalue weighted by Crippen LogP contribution is 2.27. The van der Waals surface area contributed by atoms with Crippen LogP contribution in [-0.4, -0.2) is 45.0 Å². The predicted octanol–water partition coefficient (Wildman–Crippen LogP) is 5.38.